The fourth-order valence-corrected chi connectivity index (χ4v) is 3.91. The van der Waals surface area contributed by atoms with Crippen molar-refractivity contribution in [1.82, 2.24) is 0 Å². The van der Waals surface area contributed by atoms with E-state index in [1.165, 1.54) is 5.56 Å². The summed E-state index contributed by atoms with van der Waals surface area (Å²) < 4.78 is 5.64. The number of methoxy groups -OCH3 is 1. The highest BCUT2D eigenvalue weighted by atomic mass is 16.5. The van der Waals surface area contributed by atoms with E-state index in [-0.39, 0.29) is 18.6 Å². The summed E-state index contributed by atoms with van der Waals surface area (Å²) in [7, 11) is 1.68. The Morgan fingerprint density at radius 1 is 0.964 bits per heavy atom. The van der Waals surface area contributed by atoms with Crippen LogP contribution in [-0.4, -0.2) is 30.6 Å². The van der Waals surface area contributed by atoms with Crippen molar-refractivity contribution in [2.45, 2.75) is 18.9 Å². The highest BCUT2D eigenvalue weighted by molar-refractivity contribution is 6.08. The lowest BCUT2D eigenvalue weighted by atomic mass is 9.84. The van der Waals surface area contributed by atoms with Gasteiger partial charge in [-0.3, -0.25) is 5.01 Å². The van der Waals surface area contributed by atoms with Gasteiger partial charge in [0.2, 0.25) is 0 Å². The van der Waals surface area contributed by atoms with E-state index in [0.717, 1.165) is 28.3 Å². The van der Waals surface area contributed by atoms with Crippen LogP contribution < -0.4 is 9.75 Å². The molecule has 28 heavy (non-hydrogen) atoms. The van der Waals surface area contributed by atoms with Gasteiger partial charge in [-0.05, 0) is 30.7 Å². The molecule has 1 N–H and O–H groups in total. The fraction of sp³-hybridized carbons (Fsp3) is 0.208. The number of ether oxygens (including phenoxy) is 1. The molecule has 0 saturated carbocycles. The molecule has 0 fully saturated rings. The zero-order valence-corrected chi connectivity index (χ0v) is 16.1. The van der Waals surface area contributed by atoms with E-state index in [4.69, 9.17) is 9.84 Å². The highest BCUT2D eigenvalue weighted by Gasteiger charge is 2.40. The summed E-state index contributed by atoms with van der Waals surface area (Å²) in [6, 6.07) is 26.1. The third-order valence-corrected chi connectivity index (χ3v) is 5.20. The summed E-state index contributed by atoms with van der Waals surface area (Å²) >= 11 is 0. The summed E-state index contributed by atoms with van der Waals surface area (Å²) in [4.78, 5) is 0. The van der Waals surface area contributed by atoms with E-state index in [9.17, 15) is 5.11 Å². The van der Waals surface area contributed by atoms with Crippen molar-refractivity contribution in [2.24, 2.45) is 5.10 Å². The van der Waals surface area contributed by atoms with Gasteiger partial charge in [-0.2, -0.15) is 5.10 Å². The van der Waals surface area contributed by atoms with Crippen molar-refractivity contribution in [3.05, 3.63) is 95.6 Å². The molecule has 142 valence electrons. The Bertz CT molecular complexity index is 985. The Balaban J connectivity index is 1.89. The SMILES string of the molecule is COc1ccccc1[C@H]1C(c2cccc(C)c2)=NN(c2ccccc2)[C@@H]1CO. The van der Waals surface area contributed by atoms with Crippen LogP contribution in [0.25, 0.3) is 0 Å². The first-order valence-corrected chi connectivity index (χ1v) is 9.46. The number of hydrogen-bond acceptors (Lipinski definition) is 4. The molecule has 3 aromatic rings. The molecule has 2 atom stereocenters. The molecule has 1 aliphatic rings. The fourth-order valence-electron chi connectivity index (χ4n) is 3.91. The van der Waals surface area contributed by atoms with Crippen molar-refractivity contribution in [2.75, 3.05) is 18.7 Å². The second-order valence-electron chi connectivity index (χ2n) is 7.00. The van der Waals surface area contributed by atoms with Crippen molar-refractivity contribution < 1.29 is 9.84 Å². The summed E-state index contributed by atoms with van der Waals surface area (Å²) in [5.41, 5.74) is 5.17. The standard InChI is InChI=1S/C24H24N2O2/c1-17-9-8-10-18(15-17)24-23(20-13-6-7-14-22(20)28-2)21(16-27)26(25-24)19-11-4-3-5-12-19/h3-15,21,23,27H,16H2,1-2H3/t21-,23-/m1/s1. The number of aliphatic hydroxyl groups is 1. The summed E-state index contributed by atoms with van der Waals surface area (Å²) in [5.74, 6) is 0.698. The Morgan fingerprint density at radius 2 is 1.71 bits per heavy atom. The quantitative estimate of drug-likeness (QED) is 0.723. The maximum absolute atomic E-state index is 10.4. The zero-order valence-electron chi connectivity index (χ0n) is 16.1. The number of aliphatic hydroxyl groups excluding tert-OH is 1. The first-order chi connectivity index (χ1) is 13.7. The van der Waals surface area contributed by atoms with Gasteiger partial charge in [0, 0.05) is 5.56 Å². The van der Waals surface area contributed by atoms with E-state index in [2.05, 4.69) is 31.2 Å². The van der Waals surface area contributed by atoms with Gasteiger partial charge in [-0.15, -0.1) is 0 Å². The van der Waals surface area contributed by atoms with Crippen LogP contribution in [0.1, 0.15) is 22.6 Å². The van der Waals surface area contributed by atoms with Gasteiger partial charge in [0.1, 0.15) is 5.75 Å². The number of hydrazone groups is 1. The van der Waals surface area contributed by atoms with Crippen molar-refractivity contribution >= 4 is 11.4 Å². The number of rotatable bonds is 5. The van der Waals surface area contributed by atoms with Crippen LogP contribution in [0.5, 0.6) is 5.75 Å². The van der Waals surface area contributed by atoms with Gasteiger partial charge < -0.3 is 9.84 Å². The van der Waals surface area contributed by atoms with Crippen LogP contribution in [0.2, 0.25) is 0 Å². The van der Waals surface area contributed by atoms with Crippen LogP contribution in [0.15, 0.2) is 84.0 Å². The van der Waals surface area contributed by atoms with Crippen molar-refractivity contribution in [1.29, 1.82) is 0 Å². The second kappa shape index (κ2) is 7.87. The maximum Gasteiger partial charge on any atom is 0.122 e. The van der Waals surface area contributed by atoms with Gasteiger partial charge in [0.25, 0.3) is 0 Å². The van der Waals surface area contributed by atoms with E-state index >= 15 is 0 Å². The first-order valence-electron chi connectivity index (χ1n) is 9.46. The van der Waals surface area contributed by atoms with Gasteiger partial charge in [-0.25, -0.2) is 0 Å². The van der Waals surface area contributed by atoms with Gasteiger partial charge in [0.05, 0.1) is 37.1 Å². The number of para-hydroxylation sites is 2. The third-order valence-electron chi connectivity index (χ3n) is 5.20. The molecule has 0 aromatic heterocycles. The van der Waals surface area contributed by atoms with E-state index in [1.54, 1.807) is 7.11 Å². The molecule has 0 unspecified atom stereocenters. The molecule has 0 saturated heterocycles. The lowest BCUT2D eigenvalue weighted by molar-refractivity contribution is 0.258. The molecule has 0 bridgehead atoms. The lowest BCUT2D eigenvalue weighted by Gasteiger charge is -2.27. The first kappa shape index (κ1) is 18.3. The molecule has 3 aromatic carbocycles. The predicted molar refractivity (Wildman–Crippen MR) is 113 cm³/mol. The minimum absolute atomic E-state index is 0.0174. The van der Waals surface area contributed by atoms with Crippen molar-refractivity contribution in [3.63, 3.8) is 0 Å². The normalized spacial score (nSPS) is 18.8. The maximum atomic E-state index is 10.4. The number of hydrogen-bond donors (Lipinski definition) is 1. The predicted octanol–water partition coefficient (Wildman–Crippen LogP) is 4.37. The van der Waals surface area contributed by atoms with Crippen molar-refractivity contribution in [3.8, 4) is 5.75 Å². The van der Waals surface area contributed by atoms with E-state index < -0.39 is 0 Å². The summed E-state index contributed by atoms with van der Waals surface area (Å²) in [6.07, 6.45) is 0. The largest absolute Gasteiger partial charge is 0.496 e. The molecular weight excluding hydrogens is 348 g/mol. The second-order valence-corrected chi connectivity index (χ2v) is 7.00. The van der Waals surface area contributed by atoms with E-state index in [0.29, 0.717) is 0 Å². The molecule has 1 heterocycles. The monoisotopic (exact) mass is 372 g/mol. The van der Waals surface area contributed by atoms with Crippen LogP contribution in [0, 0.1) is 6.92 Å². The minimum atomic E-state index is -0.214. The van der Waals surface area contributed by atoms with E-state index in [1.807, 2.05) is 59.6 Å². The Labute approximate surface area is 165 Å². The minimum Gasteiger partial charge on any atom is -0.496 e. The van der Waals surface area contributed by atoms with Gasteiger partial charge >= 0.3 is 0 Å². The molecule has 0 spiro atoms. The average Bonchev–Trinajstić information content (AvgIpc) is 3.14. The Hall–Kier alpha value is -3.11. The van der Waals surface area contributed by atoms with Crippen LogP contribution in [-0.2, 0) is 0 Å². The molecule has 0 amide bonds. The number of nitrogens with zero attached hydrogens (tertiary/aromatic N) is 2. The Kier molecular flexibility index (Phi) is 5.13. The third kappa shape index (κ3) is 3.27. The smallest absolute Gasteiger partial charge is 0.122 e. The highest BCUT2D eigenvalue weighted by Crippen LogP contribution is 2.40. The molecular formula is C24H24N2O2. The molecule has 4 heteroatoms. The topological polar surface area (TPSA) is 45.1 Å². The molecule has 4 nitrogen and oxygen atoms in total. The molecule has 0 aliphatic carbocycles. The molecule has 1 aliphatic heterocycles. The van der Waals surface area contributed by atoms with Crippen LogP contribution >= 0.6 is 0 Å². The van der Waals surface area contributed by atoms with Gasteiger partial charge in [-0.1, -0.05) is 66.2 Å². The summed E-state index contributed by atoms with van der Waals surface area (Å²) in [5, 5.41) is 17.3. The molecule has 0 radical (unpaired) electrons. The average molecular weight is 372 g/mol. The Morgan fingerprint density at radius 3 is 2.43 bits per heavy atom. The number of benzene rings is 3. The van der Waals surface area contributed by atoms with Gasteiger partial charge in [0.15, 0.2) is 0 Å². The number of anilines is 1. The van der Waals surface area contributed by atoms with Crippen LogP contribution in [0.4, 0.5) is 5.69 Å². The summed E-state index contributed by atoms with van der Waals surface area (Å²) in [6.45, 7) is 2.06. The lowest BCUT2D eigenvalue weighted by Crippen LogP contribution is -2.35. The zero-order chi connectivity index (χ0) is 19.5. The molecule has 4 rings (SSSR count). The van der Waals surface area contributed by atoms with Crippen LogP contribution in [0.3, 0.4) is 0 Å². The number of aryl methyl sites for hydroxylation is 1.